The van der Waals surface area contributed by atoms with Gasteiger partial charge in [0.2, 0.25) is 0 Å². The Morgan fingerprint density at radius 1 is 1.26 bits per heavy atom. The maximum Gasteiger partial charge on any atom is 0.407 e. The van der Waals surface area contributed by atoms with Gasteiger partial charge in [-0.3, -0.25) is 0 Å². The lowest BCUT2D eigenvalue weighted by Crippen LogP contribution is -2.35. The fraction of sp³-hybridized carbons (Fsp3) is 0.529. The largest absolute Gasteiger partial charge is 0.546 e. The Balaban J connectivity index is 1.84. The lowest BCUT2D eigenvalue weighted by atomic mass is 10.1. The van der Waals surface area contributed by atoms with Gasteiger partial charge < -0.3 is 24.7 Å². The molecule has 0 saturated heterocycles. The van der Waals surface area contributed by atoms with Gasteiger partial charge in [-0.1, -0.05) is 6.07 Å². The normalized spacial score (nSPS) is 16.6. The molecule has 0 fully saturated rings. The highest BCUT2D eigenvalue weighted by Crippen LogP contribution is 2.29. The molecule has 1 unspecified atom stereocenters. The van der Waals surface area contributed by atoms with Gasteiger partial charge in [-0.05, 0) is 62.8 Å². The van der Waals surface area contributed by atoms with E-state index in [9.17, 15) is 14.7 Å². The number of alkyl carbamates (subject to hydrolysis) is 1. The molecule has 1 N–H and O–H groups in total. The number of amides is 1. The fourth-order valence-corrected chi connectivity index (χ4v) is 2.60. The Morgan fingerprint density at radius 2 is 1.96 bits per heavy atom. The highest BCUT2D eigenvalue weighted by atomic mass is 16.6. The van der Waals surface area contributed by atoms with Crippen LogP contribution < -0.4 is 15.2 Å². The molecule has 2 rings (SSSR count). The van der Waals surface area contributed by atoms with Gasteiger partial charge >= 0.3 is 6.09 Å². The number of carbonyl (C=O) groups excluding carboxylic acids is 2. The number of nitrogens with one attached hydrogen (secondary N) is 1. The third-order valence-electron chi connectivity index (χ3n) is 3.49. The summed E-state index contributed by atoms with van der Waals surface area (Å²) in [6.07, 6.45) is 1.27. The van der Waals surface area contributed by atoms with Crippen LogP contribution in [-0.4, -0.2) is 30.8 Å². The van der Waals surface area contributed by atoms with E-state index < -0.39 is 24.3 Å². The topological polar surface area (TPSA) is 87.7 Å². The molecule has 0 spiro atoms. The summed E-state index contributed by atoms with van der Waals surface area (Å²) in [6, 6.07) is 5.55. The molecule has 0 aromatic heterocycles. The molecule has 6 heteroatoms. The predicted molar refractivity (Wildman–Crippen MR) is 82.1 cm³/mol. The van der Waals surface area contributed by atoms with Crippen LogP contribution >= 0.6 is 0 Å². The summed E-state index contributed by atoms with van der Waals surface area (Å²) in [4.78, 5) is 22.1. The van der Waals surface area contributed by atoms with Crippen LogP contribution in [0.1, 0.15) is 31.9 Å². The van der Waals surface area contributed by atoms with Crippen LogP contribution in [0.3, 0.4) is 0 Å². The van der Waals surface area contributed by atoms with Crippen molar-refractivity contribution in [1.82, 2.24) is 5.32 Å². The van der Waals surface area contributed by atoms with Crippen LogP contribution in [-0.2, 0) is 22.4 Å². The predicted octanol–water partition coefficient (Wildman–Crippen LogP) is 1.05. The number of carboxylic acids is 1. The van der Waals surface area contributed by atoms with Crippen molar-refractivity contribution in [2.45, 2.75) is 39.2 Å². The highest BCUT2D eigenvalue weighted by Gasteiger charge is 2.23. The summed E-state index contributed by atoms with van der Waals surface area (Å²) in [5.41, 5.74) is 1.81. The number of rotatable bonds is 5. The summed E-state index contributed by atoms with van der Waals surface area (Å²) < 4.78 is 10.3. The average molecular weight is 320 g/mol. The van der Waals surface area contributed by atoms with Crippen LogP contribution in [0.5, 0.6) is 5.75 Å². The van der Waals surface area contributed by atoms with Gasteiger partial charge in [0, 0.05) is 6.54 Å². The number of fused-ring (bicyclic) bond motifs is 1. The molecule has 0 heterocycles. The van der Waals surface area contributed by atoms with E-state index in [1.807, 2.05) is 32.9 Å². The van der Waals surface area contributed by atoms with Crippen LogP contribution in [0.4, 0.5) is 4.79 Å². The number of ether oxygens (including phenoxy) is 2. The molecule has 1 aromatic carbocycles. The molecule has 6 nitrogen and oxygen atoms in total. The van der Waals surface area contributed by atoms with E-state index in [4.69, 9.17) is 9.47 Å². The van der Waals surface area contributed by atoms with Gasteiger partial charge in [-0.15, -0.1) is 0 Å². The molecule has 126 valence electrons. The molecule has 0 aliphatic heterocycles. The molecule has 23 heavy (non-hydrogen) atoms. The molecule has 1 amide bonds. The maximum atomic E-state index is 11.7. The highest BCUT2D eigenvalue weighted by molar-refractivity contribution is 5.67. The number of carboxylic acid groups (broad SMARTS) is 1. The molecular formula is C17H22NO5-. The maximum absolute atomic E-state index is 11.7. The number of benzene rings is 1. The average Bonchev–Trinajstić information content (AvgIpc) is 2.83. The van der Waals surface area contributed by atoms with E-state index in [1.54, 1.807) is 6.07 Å². The van der Waals surface area contributed by atoms with Crippen molar-refractivity contribution in [2.75, 3.05) is 13.2 Å². The summed E-state index contributed by atoms with van der Waals surface area (Å²) in [7, 11) is 0. The summed E-state index contributed by atoms with van der Waals surface area (Å²) >= 11 is 0. The zero-order chi connectivity index (χ0) is 17.0. The summed E-state index contributed by atoms with van der Waals surface area (Å²) in [5.74, 6) is -0.424. The van der Waals surface area contributed by atoms with E-state index in [1.165, 1.54) is 5.56 Å². The lowest BCUT2D eigenvalue weighted by molar-refractivity contribution is -0.307. The van der Waals surface area contributed by atoms with Gasteiger partial charge in [0.15, 0.2) is 0 Å². The second-order valence-electron chi connectivity index (χ2n) is 6.75. The first kappa shape index (κ1) is 17.1. The first-order chi connectivity index (χ1) is 10.7. The van der Waals surface area contributed by atoms with Gasteiger partial charge in [-0.2, -0.15) is 0 Å². The van der Waals surface area contributed by atoms with Gasteiger partial charge in [-0.25, -0.2) is 4.79 Å². The third kappa shape index (κ3) is 5.47. The van der Waals surface area contributed by atoms with Crippen molar-refractivity contribution in [3.63, 3.8) is 0 Å². The Kier molecular flexibility index (Phi) is 5.13. The number of hydrogen-bond donors (Lipinski definition) is 1. The van der Waals surface area contributed by atoms with Crippen LogP contribution in [0.2, 0.25) is 0 Å². The second kappa shape index (κ2) is 6.89. The minimum absolute atomic E-state index is 0.300. The van der Waals surface area contributed by atoms with Crippen molar-refractivity contribution < 1.29 is 24.2 Å². The van der Waals surface area contributed by atoms with Gasteiger partial charge in [0.05, 0.1) is 5.97 Å². The smallest absolute Gasteiger partial charge is 0.407 e. The minimum Gasteiger partial charge on any atom is -0.546 e. The number of carbonyl (C=O) groups is 2. The van der Waals surface area contributed by atoms with Gasteiger partial charge in [0.1, 0.15) is 18.0 Å². The van der Waals surface area contributed by atoms with Crippen molar-refractivity contribution in [2.24, 2.45) is 5.92 Å². The monoisotopic (exact) mass is 320 g/mol. The van der Waals surface area contributed by atoms with Crippen LogP contribution in [0, 0.1) is 5.92 Å². The number of hydrogen-bond acceptors (Lipinski definition) is 5. The molecule has 1 aromatic rings. The number of aliphatic carboxylic acids is 1. The van der Waals surface area contributed by atoms with Crippen LogP contribution in [0.15, 0.2) is 18.2 Å². The van der Waals surface area contributed by atoms with E-state index >= 15 is 0 Å². The van der Waals surface area contributed by atoms with E-state index in [0.717, 1.165) is 18.4 Å². The molecule has 0 radical (unpaired) electrons. The Hall–Kier alpha value is -2.24. The van der Waals surface area contributed by atoms with Crippen molar-refractivity contribution >= 4 is 12.1 Å². The molecule has 1 atom stereocenters. The van der Waals surface area contributed by atoms with Crippen LogP contribution in [0.25, 0.3) is 0 Å². The fourth-order valence-electron chi connectivity index (χ4n) is 2.60. The molecular weight excluding hydrogens is 298 g/mol. The van der Waals surface area contributed by atoms with Crippen molar-refractivity contribution in [1.29, 1.82) is 0 Å². The quantitative estimate of drug-likeness (QED) is 0.876. The zero-order valence-corrected chi connectivity index (χ0v) is 13.7. The SMILES string of the molecule is CC(C)(C)OC(=O)NCC1Cc2ccc(OCC(=O)[O-])cc2C1. The first-order valence-corrected chi connectivity index (χ1v) is 7.64. The molecule has 0 saturated carbocycles. The van der Waals surface area contributed by atoms with Crippen molar-refractivity contribution in [3.8, 4) is 5.75 Å². The first-order valence-electron chi connectivity index (χ1n) is 7.64. The molecule has 0 bridgehead atoms. The third-order valence-corrected chi connectivity index (χ3v) is 3.49. The molecule has 1 aliphatic rings. The lowest BCUT2D eigenvalue weighted by Gasteiger charge is -2.20. The Labute approximate surface area is 135 Å². The van der Waals surface area contributed by atoms with E-state index in [0.29, 0.717) is 18.2 Å². The van der Waals surface area contributed by atoms with E-state index in [2.05, 4.69) is 5.32 Å². The second-order valence-corrected chi connectivity index (χ2v) is 6.75. The molecule has 1 aliphatic carbocycles. The Morgan fingerprint density at radius 3 is 2.61 bits per heavy atom. The Bertz CT molecular complexity index is 591. The zero-order valence-electron chi connectivity index (χ0n) is 13.7. The standard InChI is InChI=1S/C17H23NO5/c1-17(2,3)23-16(21)18-9-11-6-12-4-5-14(8-13(12)7-11)22-10-15(19)20/h4-5,8,11H,6-7,9-10H2,1-3H3,(H,18,21)(H,19,20)/p-1. The summed E-state index contributed by atoms with van der Waals surface area (Å²) in [5, 5.41) is 13.2. The summed E-state index contributed by atoms with van der Waals surface area (Å²) in [6.45, 7) is 5.56. The van der Waals surface area contributed by atoms with Crippen molar-refractivity contribution in [3.05, 3.63) is 29.3 Å². The minimum atomic E-state index is -1.25. The van der Waals surface area contributed by atoms with E-state index in [-0.39, 0.29) is 0 Å². The van der Waals surface area contributed by atoms with Gasteiger partial charge in [0.25, 0.3) is 0 Å².